The summed E-state index contributed by atoms with van der Waals surface area (Å²) in [5.74, 6) is 0.543. The molecule has 0 aromatic rings. The first-order valence-corrected chi connectivity index (χ1v) is 8.60. The Hall–Kier alpha value is -0.720. The fourth-order valence-electron chi connectivity index (χ4n) is 4.12. The molecule has 0 aliphatic heterocycles. The van der Waals surface area contributed by atoms with Crippen molar-refractivity contribution >= 4 is 10.1 Å². The molecule has 2 aliphatic carbocycles. The third-order valence-electron chi connectivity index (χ3n) is 5.08. The predicted octanol–water partition coefficient (Wildman–Crippen LogP) is 4.22. The predicted molar refractivity (Wildman–Crippen MR) is 72.5 cm³/mol. The van der Waals surface area contributed by atoms with Gasteiger partial charge in [-0.1, -0.05) is 20.8 Å². The molecule has 0 bridgehead atoms. The molecule has 0 spiro atoms. The Kier molecular flexibility index (Phi) is 4.10. The molecule has 21 heavy (non-hydrogen) atoms. The van der Waals surface area contributed by atoms with Gasteiger partial charge in [-0.05, 0) is 49.0 Å². The number of hydrogen-bond acceptors (Lipinski definition) is 3. The number of alkyl halides is 3. The van der Waals surface area contributed by atoms with Gasteiger partial charge in [-0.3, -0.25) is 0 Å². The lowest BCUT2D eigenvalue weighted by molar-refractivity contribution is -0.0536. The molecule has 3 nitrogen and oxygen atoms in total. The number of allylic oxidation sites excluding steroid dienone is 2. The zero-order valence-electron chi connectivity index (χ0n) is 12.4. The van der Waals surface area contributed by atoms with Gasteiger partial charge in [0.1, 0.15) is 5.76 Å². The zero-order valence-corrected chi connectivity index (χ0v) is 13.2. The van der Waals surface area contributed by atoms with Crippen molar-refractivity contribution in [3.8, 4) is 0 Å². The van der Waals surface area contributed by atoms with Crippen LogP contribution in [0.15, 0.2) is 11.8 Å². The molecule has 0 saturated heterocycles. The van der Waals surface area contributed by atoms with Crippen molar-refractivity contribution in [3.63, 3.8) is 0 Å². The van der Waals surface area contributed by atoms with Crippen molar-refractivity contribution in [2.45, 2.75) is 52.0 Å². The standard InChI is InChI=1S/C14H21F3O3S/c1-9(2)10-6-7-11-12(5-4-8-13(10,11)3)20-21(18,19)14(15,16)17/h5,9-11H,4,6-8H2,1-3H3. The highest BCUT2D eigenvalue weighted by Crippen LogP contribution is 2.58. The molecule has 3 unspecified atom stereocenters. The van der Waals surface area contributed by atoms with Gasteiger partial charge >= 0.3 is 15.6 Å². The largest absolute Gasteiger partial charge is 0.534 e. The van der Waals surface area contributed by atoms with E-state index in [0.717, 1.165) is 12.8 Å². The van der Waals surface area contributed by atoms with E-state index >= 15 is 0 Å². The van der Waals surface area contributed by atoms with E-state index in [9.17, 15) is 21.6 Å². The summed E-state index contributed by atoms with van der Waals surface area (Å²) < 4.78 is 64.4. The maximum absolute atomic E-state index is 12.5. The van der Waals surface area contributed by atoms with Gasteiger partial charge in [0.25, 0.3) is 0 Å². The SMILES string of the molecule is CC(C)C1CCC2C(OS(=O)(=O)C(F)(F)F)=CCCC21C. The van der Waals surface area contributed by atoms with Crippen LogP contribution in [0.5, 0.6) is 0 Å². The molecule has 1 saturated carbocycles. The van der Waals surface area contributed by atoms with Crippen LogP contribution in [0.1, 0.15) is 46.5 Å². The summed E-state index contributed by atoms with van der Waals surface area (Å²) in [4.78, 5) is 0. The third kappa shape index (κ3) is 2.81. The Labute approximate surface area is 123 Å². The second-order valence-corrected chi connectivity index (χ2v) is 8.15. The molecule has 122 valence electrons. The minimum Gasteiger partial charge on any atom is -0.381 e. The van der Waals surface area contributed by atoms with E-state index in [0.29, 0.717) is 24.7 Å². The second-order valence-electron chi connectivity index (χ2n) is 6.61. The Morgan fingerprint density at radius 2 is 1.95 bits per heavy atom. The number of hydrogen-bond donors (Lipinski definition) is 0. The van der Waals surface area contributed by atoms with Gasteiger partial charge < -0.3 is 4.18 Å². The monoisotopic (exact) mass is 326 g/mol. The number of rotatable bonds is 3. The van der Waals surface area contributed by atoms with E-state index < -0.39 is 15.6 Å². The minimum atomic E-state index is -5.57. The van der Waals surface area contributed by atoms with Crippen molar-refractivity contribution in [1.29, 1.82) is 0 Å². The van der Waals surface area contributed by atoms with Gasteiger partial charge in [0.2, 0.25) is 0 Å². The Morgan fingerprint density at radius 1 is 1.33 bits per heavy atom. The molecule has 0 N–H and O–H groups in total. The van der Waals surface area contributed by atoms with Gasteiger partial charge in [0, 0.05) is 5.92 Å². The summed E-state index contributed by atoms with van der Waals surface area (Å²) in [5.41, 5.74) is -5.56. The van der Waals surface area contributed by atoms with Crippen LogP contribution < -0.4 is 0 Å². The molecule has 0 heterocycles. The van der Waals surface area contributed by atoms with Crippen LogP contribution in [-0.2, 0) is 14.3 Å². The molecule has 2 aliphatic rings. The van der Waals surface area contributed by atoms with Crippen molar-refractivity contribution in [2.24, 2.45) is 23.2 Å². The number of fused-ring (bicyclic) bond motifs is 1. The van der Waals surface area contributed by atoms with E-state index in [1.54, 1.807) is 0 Å². The molecule has 0 radical (unpaired) electrons. The van der Waals surface area contributed by atoms with Gasteiger partial charge in [-0.25, -0.2) is 0 Å². The van der Waals surface area contributed by atoms with Gasteiger partial charge in [0.15, 0.2) is 0 Å². The first-order valence-electron chi connectivity index (χ1n) is 7.20. The smallest absolute Gasteiger partial charge is 0.381 e. The van der Waals surface area contributed by atoms with E-state index in [4.69, 9.17) is 0 Å². The highest BCUT2D eigenvalue weighted by molar-refractivity contribution is 7.87. The summed E-state index contributed by atoms with van der Waals surface area (Å²) in [6.07, 6.45) is 4.50. The first kappa shape index (κ1) is 16.6. The van der Waals surface area contributed by atoms with Gasteiger partial charge in [0.05, 0.1) is 0 Å². The maximum atomic E-state index is 12.5. The minimum absolute atomic E-state index is 0.00998. The van der Waals surface area contributed by atoms with Gasteiger partial charge in [-0.2, -0.15) is 21.6 Å². The molecule has 7 heteroatoms. The lowest BCUT2D eigenvalue weighted by Crippen LogP contribution is -2.36. The Morgan fingerprint density at radius 3 is 2.48 bits per heavy atom. The fraction of sp³-hybridized carbons (Fsp3) is 0.857. The fourth-order valence-corrected chi connectivity index (χ4v) is 4.65. The molecular weight excluding hydrogens is 305 g/mol. The lowest BCUT2D eigenvalue weighted by Gasteiger charge is -2.41. The molecule has 1 fully saturated rings. The van der Waals surface area contributed by atoms with Crippen LogP contribution in [0.2, 0.25) is 0 Å². The highest BCUT2D eigenvalue weighted by atomic mass is 32.2. The van der Waals surface area contributed by atoms with Gasteiger partial charge in [-0.15, -0.1) is 0 Å². The zero-order chi connectivity index (χ0) is 16.1. The summed E-state index contributed by atoms with van der Waals surface area (Å²) in [5, 5.41) is 0. The van der Waals surface area contributed by atoms with Crippen LogP contribution in [0.4, 0.5) is 13.2 Å². The van der Waals surface area contributed by atoms with Crippen LogP contribution in [-0.4, -0.2) is 13.9 Å². The Bertz CT molecular complexity index is 536. The average molecular weight is 326 g/mol. The normalized spacial score (nSPS) is 33.8. The lowest BCUT2D eigenvalue weighted by atomic mass is 9.64. The van der Waals surface area contributed by atoms with E-state index in [1.165, 1.54) is 6.08 Å². The van der Waals surface area contributed by atoms with Crippen molar-refractivity contribution in [2.75, 3.05) is 0 Å². The second kappa shape index (κ2) is 5.18. The summed E-state index contributed by atoms with van der Waals surface area (Å²) >= 11 is 0. The van der Waals surface area contributed by atoms with E-state index in [-0.39, 0.29) is 17.1 Å². The number of halogens is 3. The summed E-state index contributed by atoms with van der Waals surface area (Å²) in [6, 6.07) is 0. The van der Waals surface area contributed by atoms with Crippen LogP contribution >= 0.6 is 0 Å². The third-order valence-corrected chi connectivity index (χ3v) is 6.05. The van der Waals surface area contributed by atoms with Crippen LogP contribution in [0.25, 0.3) is 0 Å². The highest BCUT2D eigenvalue weighted by Gasteiger charge is 2.54. The molecule has 0 aromatic heterocycles. The summed E-state index contributed by atoms with van der Waals surface area (Å²) in [7, 11) is -5.57. The molecule has 0 aromatic carbocycles. The van der Waals surface area contributed by atoms with Crippen LogP contribution in [0.3, 0.4) is 0 Å². The molecular formula is C14H21F3O3S. The van der Waals surface area contributed by atoms with E-state index in [1.807, 2.05) is 6.92 Å². The van der Waals surface area contributed by atoms with Crippen LogP contribution in [0, 0.1) is 23.2 Å². The topological polar surface area (TPSA) is 43.4 Å². The van der Waals surface area contributed by atoms with E-state index in [2.05, 4.69) is 18.0 Å². The molecule has 2 rings (SSSR count). The summed E-state index contributed by atoms with van der Waals surface area (Å²) in [6.45, 7) is 6.25. The van der Waals surface area contributed by atoms with Crippen molar-refractivity contribution < 1.29 is 25.8 Å². The maximum Gasteiger partial charge on any atom is 0.534 e. The Balaban J connectivity index is 2.27. The first-order chi connectivity index (χ1) is 9.49. The molecule has 3 atom stereocenters. The van der Waals surface area contributed by atoms with Crippen molar-refractivity contribution in [1.82, 2.24) is 0 Å². The molecule has 0 amide bonds. The quantitative estimate of drug-likeness (QED) is 0.576. The average Bonchev–Trinajstić information content (AvgIpc) is 2.65. The van der Waals surface area contributed by atoms with Crippen molar-refractivity contribution in [3.05, 3.63) is 11.8 Å².